The predicted molar refractivity (Wildman–Crippen MR) is 67.7 cm³/mol. The Labute approximate surface area is 102 Å². The van der Waals surface area contributed by atoms with Gasteiger partial charge in [-0.15, -0.1) is 0 Å². The lowest BCUT2D eigenvalue weighted by molar-refractivity contribution is -0.137. The molecule has 0 spiro atoms. The first-order valence-corrected chi connectivity index (χ1v) is 6.19. The van der Waals surface area contributed by atoms with Crippen LogP contribution in [-0.4, -0.2) is 12.6 Å². The van der Waals surface area contributed by atoms with Crippen molar-refractivity contribution < 1.29 is 9.53 Å². The van der Waals surface area contributed by atoms with Crippen LogP contribution in [0.5, 0.6) is 0 Å². The van der Waals surface area contributed by atoms with E-state index in [9.17, 15) is 4.79 Å². The quantitative estimate of drug-likeness (QED) is 0.587. The third kappa shape index (κ3) is 3.19. The van der Waals surface area contributed by atoms with E-state index in [0.717, 1.165) is 19.3 Å². The van der Waals surface area contributed by atoms with Crippen LogP contribution >= 0.6 is 0 Å². The van der Waals surface area contributed by atoms with Crippen LogP contribution in [0.25, 0.3) is 0 Å². The summed E-state index contributed by atoms with van der Waals surface area (Å²) in [5.41, 5.74) is 2.92. The number of benzene rings is 1. The monoisotopic (exact) mass is 230 g/mol. The molecule has 1 aliphatic rings. The normalized spacial score (nSPS) is 15.1. The second-order valence-corrected chi connectivity index (χ2v) is 4.43. The molecule has 0 N–H and O–H groups in total. The summed E-state index contributed by atoms with van der Waals surface area (Å²) in [6.07, 6.45) is 6.70. The lowest BCUT2D eigenvalue weighted by atomic mass is 10.0. The van der Waals surface area contributed by atoms with Crippen LogP contribution in [0.3, 0.4) is 0 Å². The topological polar surface area (TPSA) is 26.3 Å². The third-order valence-corrected chi connectivity index (χ3v) is 3.15. The zero-order valence-electron chi connectivity index (χ0n) is 10.2. The van der Waals surface area contributed by atoms with Crippen molar-refractivity contribution in [2.24, 2.45) is 5.92 Å². The van der Waals surface area contributed by atoms with Gasteiger partial charge < -0.3 is 4.74 Å². The van der Waals surface area contributed by atoms with E-state index in [2.05, 4.69) is 24.3 Å². The van der Waals surface area contributed by atoms with Gasteiger partial charge in [-0.1, -0.05) is 30.3 Å². The molecule has 1 aromatic rings. The smallest absolute Gasteiger partial charge is 0.330 e. The van der Waals surface area contributed by atoms with Gasteiger partial charge in [0.05, 0.1) is 6.61 Å². The Balaban J connectivity index is 1.82. The second kappa shape index (κ2) is 5.67. The summed E-state index contributed by atoms with van der Waals surface area (Å²) >= 11 is 0. The molecule has 0 saturated carbocycles. The Bertz CT molecular complexity index is 396. The number of ether oxygens (including phenoxy) is 1. The average Bonchev–Trinajstić information content (AvgIpc) is 2.71. The molecule has 90 valence electrons. The Morgan fingerprint density at radius 2 is 2.00 bits per heavy atom. The second-order valence-electron chi connectivity index (χ2n) is 4.43. The van der Waals surface area contributed by atoms with Crippen LogP contribution in [0.1, 0.15) is 24.5 Å². The molecule has 0 bridgehead atoms. The Hall–Kier alpha value is -1.57. The van der Waals surface area contributed by atoms with Crippen molar-refractivity contribution in [2.75, 3.05) is 6.61 Å². The van der Waals surface area contributed by atoms with Crippen LogP contribution < -0.4 is 0 Å². The standard InChI is InChI=1S/C15H18O2/c1-2-17-15(16)9-5-6-12-10-13-7-3-4-8-14(13)11-12/h3-5,7-9,12H,2,6,10-11H2,1H3. The number of esters is 1. The molecule has 17 heavy (non-hydrogen) atoms. The average molecular weight is 230 g/mol. The van der Waals surface area contributed by atoms with Gasteiger partial charge in [0, 0.05) is 6.08 Å². The van der Waals surface area contributed by atoms with Crippen LogP contribution in [0.15, 0.2) is 36.4 Å². The number of rotatable bonds is 4. The van der Waals surface area contributed by atoms with Crippen molar-refractivity contribution in [1.82, 2.24) is 0 Å². The first-order chi connectivity index (χ1) is 8.29. The highest BCUT2D eigenvalue weighted by Gasteiger charge is 2.19. The van der Waals surface area contributed by atoms with E-state index in [1.807, 2.05) is 13.0 Å². The molecule has 0 heterocycles. The van der Waals surface area contributed by atoms with Gasteiger partial charge in [0.15, 0.2) is 0 Å². The fourth-order valence-electron chi connectivity index (χ4n) is 2.36. The molecule has 0 radical (unpaired) electrons. The van der Waals surface area contributed by atoms with Gasteiger partial charge in [-0.25, -0.2) is 4.79 Å². The number of hydrogen-bond acceptors (Lipinski definition) is 2. The maximum Gasteiger partial charge on any atom is 0.330 e. The molecule has 0 fully saturated rings. The summed E-state index contributed by atoms with van der Waals surface area (Å²) in [6, 6.07) is 8.58. The van der Waals surface area contributed by atoms with Gasteiger partial charge in [0.2, 0.25) is 0 Å². The van der Waals surface area contributed by atoms with Gasteiger partial charge in [0.25, 0.3) is 0 Å². The molecule has 0 amide bonds. The molecule has 0 unspecified atom stereocenters. The summed E-state index contributed by atoms with van der Waals surface area (Å²) in [5.74, 6) is 0.404. The van der Waals surface area contributed by atoms with E-state index in [1.165, 1.54) is 11.1 Å². The number of allylic oxidation sites excluding steroid dienone is 1. The zero-order valence-corrected chi connectivity index (χ0v) is 10.2. The Morgan fingerprint density at radius 1 is 1.35 bits per heavy atom. The molecular weight excluding hydrogens is 212 g/mol. The minimum absolute atomic E-state index is 0.233. The summed E-state index contributed by atoms with van der Waals surface area (Å²) in [5, 5.41) is 0. The molecule has 0 saturated heterocycles. The maximum absolute atomic E-state index is 11.1. The number of carbonyl (C=O) groups is 1. The molecule has 2 rings (SSSR count). The zero-order chi connectivity index (χ0) is 12.1. The predicted octanol–water partition coefficient (Wildman–Crippen LogP) is 2.91. The minimum Gasteiger partial charge on any atom is -0.463 e. The molecule has 2 heteroatoms. The summed E-state index contributed by atoms with van der Waals surface area (Å²) in [4.78, 5) is 11.1. The molecule has 0 atom stereocenters. The summed E-state index contributed by atoms with van der Waals surface area (Å²) in [7, 11) is 0. The van der Waals surface area contributed by atoms with Gasteiger partial charge >= 0.3 is 5.97 Å². The molecular formula is C15H18O2. The fraction of sp³-hybridized carbons (Fsp3) is 0.400. The first-order valence-electron chi connectivity index (χ1n) is 6.19. The minimum atomic E-state index is -0.233. The largest absolute Gasteiger partial charge is 0.463 e. The number of hydrogen-bond donors (Lipinski definition) is 0. The third-order valence-electron chi connectivity index (χ3n) is 3.15. The molecule has 2 nitrogen and oxygen atoms in total. The van der Waals surface area contributed by atoms with Gasteiger partial charge in [-0.05, 0) is 43.2 Å². The van der Waals surface area contributed by atoms with Crippen molar-refractivity contribution in [2.45, 2.75) is 26.2 Å². The van der Waals surface area contributed by atoms with Crippen molar-refractivity contribution in [3.8, 4) is 0 Å². The van der Waals surface area contributed by atoms with Crippen LogP contribution in [0.4, 0.5) is 0 Å². The van der Waals surface area contributed by atoms with Crippen molar-refractivity contribution >= 4 is 5.97 Å². The molecule has 1 aromatic carbocycles. The number of fused-ring (bicyclic) bond motifs is 1. The number of carbonyl (C=O) groups excluding carboxylic acids is 1. The summed E-state index contributed by atoms with van der Waals surface area (Å²) in [6.45, 7) is 2.26. The summed E-state index contributed by atoms with van der Waals surface area (Å²) < 4.78 is 4.84. The van der Waals surface area contributed by atoms with E-state index in [1.54, 1.807) is 6.08 Å². The highest BCUT2D eigenvalue weighted by Crippen LogP contribution is 2.28. The maximum atomic E-state index is 11.1. The molecule has 0 aliphatic heterocycles. The highest BCUT2D eigenvalue weighted by atomic mass is 16.5. The molecule has 0 aromatic heterocycles. The van der Waals surface area contributed by atoms with Crippen molar-refractivity contribution in [3.63, 3.8) is 0 Å². The van der Waals surface area contributed by atoms with E-state index in [4.69, 9.17) is 4.74 Å². The van der Waals surface area contributed by atoms with Crippen LogP contribution in [0.2, 0.25) is 0 Å². The van der Waals surface area contributed by atoms with E-state index in [0.29, 0.717) is 12.5 Å². The lowest BCUT2D eigenvalue weighted by Gasteiger charge is -2.03. The van der Waals surface area contributed by atoms with E-state index >= 15 is 0 Å². The lowest BCUT2D eigenvalue weighted by Crippen LogP contribution is -2.01. The highest BCUT2D eigenvalue weighted by molar-refractivity contribution is 5.81. The first kappa shape index (κ1) is 11.9. The van der Waals surface area contributed by atoms with Gasteiger partial charge in [-0.2, -0.15) is 0 Å². The Kier molecular flexibility index (Phi) is 3.97. The van der Waals surface area contributed by atoms with Crippen molar-refractivity contribution in [3.05, 3.63) is 47.5 Å². The van der Waals surface area contributed by atoms with Crippen LogP contribution in [0, 0.1) is 5.92 Å². The van der Waals surface area contributed by atoms with Gasteiger partial charge in [-0.3, -0.25) is 0 Å². The SMILES string of the molecule is CCOC(=O)C=CCC1Cc2ccccc2C1. The van der Waals surface area contributed by atoms with Gasteiger partial charge in [0.1, 0.15) is 0 Å². The Morgan fingerprint density at radius 3 is 2.59 bits per heavy atom. The van der Waals surface area contributed by atoms with E-state index < -0.39 is 0 Å². The fourth-order valence-corrected chi connectivity index (χ4v) is 2.36. The molecule has 1 aliphatic carbocycles. The van der Waals surface area contributed by atoms with Crippen LogP contribution in [-0.2, 0) is 22.4 Å². The van der Waals surface area contributed by atoms with Crippen molar-refractivity contribution in [1.29, 1.82) is 0 Å². The van der Waals surface area contributed by atoms with E-state index in [-0.39, 0.29) is 5.97 Å².